The van der Waals surface area contributed by atoms with Crippen LogP contribution in [-0.4, -0.2) is 65.4 Å². The summed E-state index contributed by atoms with van der Waals surface area (Å²) < 4.78 is 18.5. The van der Waals surface area contributed by atoms with Crippen molar-refractivity contribution in [2.75, 3.05) is 19.8 Å². The van der Waals surface area contributed by atoms with E-state index in [0.717, 1.165) is 5.56 Å². The molecule has 1 aromatic carbocycles. The minimum absolute atomic E-state index is 0.0267. The number of alkyl halides is 1. The van der Waals surface area contributed by atoms with Crippen molar-refractivity contribution < 1.29 is 33.4 Å². The van der Waals surface area contributed by atoms with Crippen LogP contribution in [0.25, 0.3) is 0 Å². The van der Waals surface area contributed by atoms with E-state index in [4.69, 9.17) is 10.5 Å². The van der Waals surface area contributed by atoms with Gasteiger partial charge in [0.1, 0.15) is 13.3 Å². The number of β-amino-alcohol motifs (C(OH)–C–C–N with tert-alkyl or cyclic N) is 1. The molecular weight excluding hydrogens is 493 g/mol. The number of hydrogen-bond acceptors (Lipinski definition) is 8. The fraction of sp³-hybridized carbons (Fsp3) is 0.571. The number of hydrogen-bond donors (Lipinski definition) is 3. The average Bonchev–Trinajstić information content (AvgIpc) is 3.28. The molecule has 10 heteroatoms. The second kappa shape index (κ2) is 15.2. The van der Waals surface area contributed by atoms with E-state index in [9.17, 15) is 28.7 Å². The van der Waals surface area contributed by atoms with Gasteiger partial charge in [0.05, 0.1) is 30.3 Å². The predicted octanol–water partition coefficient (Wildman–Crippen LogP) is 2.27. The van der Waals surface area contributed by atoms with Crippen LogP contribution in [0.15, 0.2) is 42.7 Å². The van der Waals surface area contributed by atoms with Gasteiger partial charge in [0.2, 0.25) is 5.91 Å². The minimum Gasteiger partial charge on any atom is -0.461 e. The van der Waals surface area contributed by atoms with Crippen LogP contribution in [0.5, 0.6) is 0 Å². The van der Waals surface area contributed by atoms with Gasteiger partial charge in [-0.05, 0) is 24.3 Å². The van der Waals surface area contributed by atoms with Crippen LogP contribution in [0.2, 0.25) is 0 Å². The molecule has 1 fully saturated rings. The Bertz CT molecular complexity index is 971. The van der Waals surface area contributed by atoms with Crippen molar-refractivity contribution in [2.45, 2.75) is 64.7 Å². The average molecular weight is 534 g/mol. The van der Waals surface area contributed by atoms with Gasteiger partial charge in [-0.2, -0.15) is 0 Å². The number of nitrogens with one attached hydrogen (secondary N) is 1. The van der Waals surface area contributed by atoms with Crippen molar-refractivity contribution in [1.82, 2.24) is 10.2 Å². The number of aliphatic hydroxyl groups is 1. The summed E-state index contributed by atoms with van der Waals surface area (Å²) in [5.74, 6) is -3.61. The van der Waals surface area contributed by atoms with Crippen LogP contribution < -0.4 is 11.1 Å². The summed E-state index contributed by atoms with van der Waals surface area (Å²) in [5.41, 5.74) is 6.28. The van der Waals surface area contributed by atoms with Crippen LogP contribution in [-0.2, 0) is 30.5 Å². The van der Waals surface area contributed by atoms with E-state index in [0.29, 0.717) is 13.0 Å². The van der Waals surface area contributed by atoms with E-state index in [1.807, 2.05) is 30.3 Å². The van der Waals surface area contributed by atoms with E-state index in [2.05, 4.69) is 11.9 Å². The van der Waals surface area contributed by atoms with Gasteiger partial charge in [-0.1, -0.05) is 50.8 Å². The van der Waals surface area contributed by atoms with Crippen LogP contribution in [0.3, 0.4) is 0 Å². The molecule has 0 unspecified atom stereocenters. The Morgan fingerprint density at radius 3 is 2.50 bits per heavy atom. The number of rotatable bonds is 16. The third-order valence-electron chi connectivity index (χ3n) is 6.80. The van der Waals surface area contributed by atoms with Crippen molar-refractivity contribution in [3.05, 3.63) is 48.3 Å². The molecular formula is C28H40FN3O6. The van der Waals surface area contributed by atoms with E-state index >= 15 is 0 Å². The van der Waals surface area contributed by atoms with E-state index in [-0.39, 0.29) is 50.6 Å². The highest BCUT2D eigenvalue weighted by molar-refractivity contribution is 5.94. The van der Waals surface area contributed by atoms with Gasteiger partial charge in [-0.3, -0.25) is 19.2 Å². The molecule has 1 heterocycles. The minimum atomic E-state index is -1.19. The van der Waals surface area contributed by atoms with Crippen molar-refractivity contribution >= 4 is 23.4 Å². The summed E-state index contributed by atoms with van der Waals surface area (Å²) >= 11 is 0. The van der Waals surface area contributed by atoms with Crippen LogP contribution in [0.1, 0.15) is 51.5 Å². The second-order valence-corrected chi connectivity index (χ2v) is 10.2. The number of amides is 1. The zero-order valence-electron chi connectivity index (χ0n) is 22.2. The molecule has 210 valence electrons. The molecule has 1 aliphatic heterocycles. The number of carbonyl (C=O) groups is 4. The number of benzene rings is 1. The summed E-state index contributed by atoms with van der Waals surface area (Å²) in [7, 11) is 0. The Morgan fingerprint density at radius 2 is 1.89 bits per heavy atom. The first kappa shape index (κ1) is 31.0. The zero-order valence-corrected chi connectivity index (χ0v) is 22.2. The molecule has 38 heavy (non-hydrogen) atoms. The van der Waals surface area contributed by atoms with Crippen molar-refractivity contribution in [2.24, 2.45) is 23.5 Å². The zero-order chi connectivity index (χ0) is 28.2. The molecule has 1 aliphatic rings. The maximum Gasteiger partial charge on any atom is 0.306 e. The molecule has 0 radical (unpaired) electrons. The highest BCUT2D eigenvalue weighted by Gasteiger charge is 2.42. The summed E-state index contributed by atoms with van der Waals surface area (Å²) in [5, 5.41) is 13.1. The molecule has 1 aromatic rings. The third kappa shape index (κ3) is 9.55. The number of nitrogens with zero attached hydrogens (tertiary/aromatic N) is 1. The summed E-state index contributed by atoms with van der Waals surface area (Å²) in [6, 6.07) is 8.22. The molecule has 0 bridgehead atoms. The van der Waals surface area contributed by atoms with Crippen LogP contribution in [0, 0.1) is 17.8 Å². The second-order valence-electron chi connectivity index (χ2n) is 10.2. The SMILES string of the molecule is C=C(N)NCCC[C@H](CC(=O)[C@@H]1C[C@@H](O)CN1C(=O)[C@@H](CC(=O)OCc1ccccc1)C(C)C)C(=O)CF. The predicted molar refractivity (Wildman–Crippen MR) is 140 cm³/mol. The van der Waals surface area contributed by atoms with Gasteiger partial charge in [0.25, 0.3) is 0 Å². The lowest BCUT2D eigenvalue weighted by atomic mass is 9.88. The van der Waals surface area contributed by atoms with Crippen molar-refractivity contribution in [3.8, 4) is 0 Å². The number of ether oxygens (including phenoxy) is 1. The Hall–Kier alpha value is -3.27. The van der Waals surface area contributed by atoms with E-state index in [1.54, 1.807) is 13.8 Å². The number of halogens is 1. The summed E-state index contributed by atoms with van der Waals surface area (Å²) in [4.78, 5) is 52.8. The Labute approximate surface area is 223 Å². The van der Waals surface area contributed by atoms with E-state index in [1.165, 1.54) is 4.90 Å². The molecule has 0 saturated carbocycles. The standard InChI is InChI=1S/C28H40FN3O6/c1-18(2)23(14-27(36)38-17-20-8-5-4-6-9-20)28(37)32-16-22(33)13-24(32)25(34)12-21(26(35)15-29)10-7-11-31-19(3)30/h4-6,8-9,18,21-24,31,33H,3,7,10-17,30H2,1-2H3/t21-,22-,23+,24+/m1/s1. The molecule has 0 aromatic heterocycles. The quantitative estimate of drug-likeness (QED) is 0.217. The number of Topliss-reactive ketones (excluding diaryl/α,β-unsaturated/α-hetero) is 2. The molecule has 0 spiro atoms. The van der Waals surface area contributed by atoms with E-state index < -0.39 is 54.1 Å². The molecule has 4 N–H and O–H groups in total. The lowest BCUT2D eigenvalue weighted by Gasteiger charge is -2.30. The largest absolute Gasteiger partial charge is 0.461 e. The highest BCUT2D eigenvalue weighted by atomic mass is 19.1. The first-order valence-electron chi connectivity index (χ1n) is 13.0. The number of aliphatic hydroxyl groups excluding tert-OH is 1. The number of ketones is 2. The number of nitrogens with two attached hydrogens (primary N) is 1. The normalized spacial score (nSPS) is 18.6. The lowest BCUT2D eigenvalue weighted by molar-refractivity contribution is -0.152. The monoisotopic (exact) mass is 533 g/mol. The topological polar surface area (TPSA) is 139 Å². The Balaban J connectivity index is 2.05. The highest BCUT2D eigenvalue weighted by Crippen LogP contribution is 2.28. The smallest absolute Gasteiger partial charge is 0.306 e. The van der Waals surface area contributed by atoms with Gasteiger partial charge in [0, 0.05) is 31.8 Å². The molecule has 2 rings (SSSR count). The van der Waals surface area contributed by atoms with Crippen LogP contribution in [0.4, 0.5) is 4.39 Å². The number of carbonyl (C=O) groups excluding carboxylic acids is 4. The fourth-order valence-electron chi connectivity index (χ4n) is 4.62. The molecule has 1 saturated heterocycles. The van der Waals surface area contributed by atoms with Gasteiger partial charge < -0.3 is 25.8 Å². The molecule has 0 aliphatic carbocycles. The molecule has 4 atom stereocenters. The number of likely N-dealkylation sites (tertiary alicyclic amines) is 1. The summed E-state index contributed by atoms with van der Waals surface area (Å²) in [6.45, 7) is 6.38. The fourth-order valence-corrected chi connectivity index (χ4v) is 4.62. The maximum atomic E-state index is 13.5. The first-order valence-corrected chi connectivity index (χ1v) is 13.0. The lowest BCUT2D eigenvalue weighted by Crippen LogP contribution is -2.46. The Morgan fingerprint density at radius 1 is 1.21 bits per heavy atom. The van der Waals surface area contributed by atoms with Gasteiger partial charge in [-0.25, -0.2) is 4.39 Å². The van der Waals surface area contributed by atoms with Gasteiger partial charge in [-0.15, -0.1) is 0 Å². The van der Waals surface area contributed by atoms with Crippen molar-refractivity contribution in [3.63, 3.8) is 0 Å². The van der Waals surface area contributed by atoms with Gasteiger partial charge in [0.15, 0.2) is 11.6 Å². The molecule has 9 nitrogen and oxygen atoms in total. The molecule has 1 amide bonds. The number of esters is 1. The first-order chi connectivity index (χ1) is 18.0. The maximum absolute atomic E-state index is 13.5. The van der Waals surface area contributed by atoms with Crippen LogP contribution >= 0.6 is 0 Å². The van der Waals surface area contributed by atoms with Gasteiger partial charge >= 0.3 is 5.97 Å². The summed E-state index contributed by atoms with van der Waals surface area (Å²) in [6.07, 6.45) is -0.561. The van der Waals surface area contributed by atoms with Crippen molar-refractivity contribution in [1.29, 1.82) is 0 Å². The Kier molecular flexibility index (Phi) is 12.4. The third-order valence-corrected chi connectivity index (χ3v) is 6.80.